The second kappa shape index (κ2) is 8.94. The van der Waals surface area contributed by atoms with Crippen LogP contribution in [0.5, 0.6) is 0 Å². The number of nitrogens with two attached hydrogens (primary N) is 2. The zero-order valence-corrected chi connectivity index (χ0v) is 7.09. The Hall–Kier alpha value is -1.06. The molecule has 0 saturated carbocycles. The Morgan fingerprint density at radius 1 is 1.27 bits per heavy atom. The largest absolute Gasteiger partial charge is 0.370 e. The van der Waals surface area contributed by atoms with Crippen molar-refractivity contribution in [2.75, 3.05) is 0 Å². The highest BCUT2D eigenvalue weighted by atomic mass is 16.1. The maximum absolute atomic E-state index is 9.98. The molecule has 0 aromatic carbocycles. The third kappa shape index (κ3) is 49.8. The Balaban J connectivity index is 0. The molecule has 0 bridgehead atoms. The van der Waals surface area contributed by atoms with E-state index in [1.54, 1.807) is 0 Å². The molecule has 0 radical (unpaired) electrons. The molecule has 0 spiro atoms. The molecule has 0 fully saturated rings. The number of hydrogen-bond donors (Lipinski definition) is 2. The summed E-state index contributed by atoms with van der Waals surface area (Å²) in [5.41, 5.74) is 9.31. The Bertz CT molecular complexity index is 120. The minimum absolute atomic E-state index is 0.193. The van der Waals surface area contributed by atoms with E-state index in [4.69, 9.17) is 5.73 Å². The lowest BCUT2D eigenvalue weighted by molar-refractivity contribution is -0.118. The topological polar surface area (TPSA) is 86.2 Å². The number of unbranched alkanes of at least 4 members (excludes halogenated alkanes) is 1. The van der Waals surface area contributed by atoms with Crippen LogP contribution in [-0.2, 0) is 9.59 Å². The van der Waals surface area contributed by atoms with Crippen LogP contribution in [-0.4, -0.2) is 11.8 Å². The highest BCUT2D eigenvalue weighted by Crippen LogP contribution is 1.89. The summed E-state index contributed by atoms with van der Waals surface area (Å²) >= 11 is 0. The molecular weight excluding hydrogens is 144 g/mol. The highest BCUT2D eigenvalue weighted by molar-refractivity contribution is 5.73. The Morgan fingerprint density at radius 2 is 1.64 bits per heavy atom. The van der Waals surface area contributed by atoms with Crippen molar-refractivity contribution in [1.82, 2.24) is 0 Å². The lowest BCUT2D eigenvalue weighted by Gasteiger charge is -1.86. The lowest BCUT2D eigenvalue weighted by atomic mass is 10.2. The first-order valence-corrected chi connectivity index (χ1v) is 3.55. The van der Waals surface area contributed by atoms with E-state index in [1.165, 1.54) is 6.92 Å². The Kier molecular flexibility index (Phi) is 10.2. The number of primary amides is 2. The molecule has 4 nitrogen and oxygen atoms in total. The van der Waals surface area contributed by atoms with Crippen molar-refractivity contribution >= 4 is 11.8 Å². The van der Waals surface area contributed by atoms with Crippen LogP contribution in [0.4, 0.5) is 0 Å². The van der Waals surface area contributed by atoms with Gasteiger partial charge in [0.15, 0.2) is 0 Å². The van der Waals surface area contributed by atoms with Crippen molar-refractivity contribution in [3.63, 3.8) is 0 Å². The Morgan fingerprint density at radius 3 is 1.73 bits per heavy atom. The van der Waals surface area contributed by atoms with E-state index in [2.05, 4.69) is 5.73 Å². The van der Waals surface area contributed by atoms with Crippen LogP contribution < -0.4 is 11.5 Å². The van der Waals surface area contributed by atoms with Gasteiger partial charge in [-0.1, -0.05) is 13.3 Å². The second-order valence-electron chi connectivity index (χ2n) is 2.18. The zero-order chi connectivity index (χ0) is 9.28. The monoisotopic (exact) mass is 160 g/mol. The number of carbonyl (C=O) groups is 2. The predicted molar refractivity (Wildman–Crippen MR) is 43.6 cm³/mol. The number of carbonyl (C=O) groups excluding carboxylic acids is 2. The maximum Gasteiger partial charge on any atom is 0.217 e. The third-order valence-electron chi connectivity index (χ3n) is 0.777. The van der Waals surface area contributed by atoms with Crippen LogP contribution in [0.15, 0.2) is 0 Å². The molecule has 0 atom stereocenters. The second-order valence-corrected chi connectivity index (χ2v) is 2.18. The first-order valence-electron chi connectivity index (χ1n) is 3.55. The summed E-state index contributed by atoms with van der Waals surface area (Å²) < 4.78 is 0. The average molecular weight is 160 g/mol. The van der Waals surface area contributed by atoms with Gasteiger partial charge in [0, 0.05) is 13.3 Å². The van der Waals surface area contributed by atoms with Crippen LogP contribution in [0.1, 0.15) is 33.1 Å². The van der Waals surface area contributed by atoms with Crippen molar-refractivity contribution in [2.24, 2.45) is 11.5 Å². The normalized spacial score (nSPS) is 7.82. The van der Waals surface area contributed by atoms with Crippen LogP contribution in [0.25, 0.3) is 0 Å². The molecular formula is C7H16N2O2. The van der Waals surface area contributed by atoms with Gasteiger partial charge in [-0.2, -0.15) is 0 Å². The third-order valence-corrected chi connectivity index (χ3v) is 0.777. The molecule has 11 heavy (non-hydrogen) atoms. The fourth-order valence-corrected chi connectivity index (χ4v) is 0.351. The van der Waals surface area contributed by atoms with Gasteiger partial charge >= 0.3 is 0 Å². The van der Waals surface area contributed by atoms with Gasteiger partial charge in [-0.15, -0.1) is 0 Å². The SMILES string of the molecule is CC(N)=O.CCCCC(N)=O. The van der Waals surface area contributed by atoms with Gasteiger partial charge in [-0.3, -0.25) is 9.59 Å². The lowest BCUT2D eigenvalue weighted by Crippen LogP contribution is -2.09. The average Bonchev–Trinajstić information content (AvgIpc) is 1.82. The smallest absolute Gasteiger partial charge is 0.217 e. The maximum atomic E-state index is 9.98. The van der Waals surface area contributed by atoms with Crippen LogP contribution >= 0.6 is 0 Å². The summed E-state index contributed by atoms with van der Waals surface area (Å²) in [5, 5.41) is 0. The molecule has 0 aliphatic rings. The van der Waals surface area contributed by atoms with Crippen LogP contribution in [0.2, 0.25) is 0 Å². The fourth-order valence-electron chi connectivity index (χ4n) is 0.351. The molecule has 0 rings (SSSR count). The fraction of sp³-hybridized carbons (Fsp3) is 0.714. The molecule has 4 heteroatoms. The van der Waals surface area contributed by atoms with E-state index in [0.717, 1.165) is 12.8 Å². The predicted octanol–water partition coefficient (Wildman–Crippen LogP) is 0.153. The van der Waals surface area contributed by atoms with Gasteiger partial charge in [0.25, 0.3) is 0 Å². The first kappa shape index (κ1) is 12.6. The molecule has 0 unspecified atom stereocenters. The highest BCUT2D eigenvalue weighted by Gasteiger charge is 1.88. The summed E-state index contributed by atoms with van der Waals surface area (Å²) in [6.07, 6.45) is 2.51. The summed E-state index contributed by atoms with van der Waals surface area (Å²) in [5.74, 6) is -0.526. The molecule has 2 amide bonds. The molecule has 0 saturated heterocycles. The molecule has 0 aromatic heterocycles. The van der Waals surface area contributed by atoms with Gasteiger partial charge in [0.2, 0.25) is 11.8 Å². The van der Waals surface area contributed by atoms with Gasteiger partial charge in [-0.05, 0) is 6.42 Å². The Labute approximate surface area is 66.9 Å². The molecule has 0 heterocycles. The summed E-state index contributed by atoms with van der Waals surface area (Å²) in [7, 11) is 0. The van der Waals surface area contributed by atoms with Crippen molar-refractivity contribution < 1.29 is 9.59 Å². The quantitative estimate of drug-likeness (QED) is 0.615. The van der Waals surface area contributed by atoms with Crippen LogP contribution in [0, 0.1) is 0 Å². The molecule has 0 aliphatic carbocycles. The molecule has 66 valence electrons. The summed E-state index contributed by atoms with van der Waals surface area (Å²) in [6.45, 7) is 3.34. The van der Waals surface area contributed by atoms with Gasteiger partial charge in [0.05, 0.1) is 0 Å². The van der Waals surface area contributed by atoms with E-state index in [0.29, 0.717) is 6.42 Å². The molecule has 0 aliphatic heterocycles. The van der Waals surface area contributed by atoms with Gasteiger partial charge in [-0.25, -0.2) is 0 Å². The minimum atomic E-state index is -0.333. The number of rotatable bonds is 3. The van der Waals surface area contributed by atoms with E-state index in [9.17, 15) is 9.59 Å². The van der Waals surface area contributed by atoms with E-state index < -0.39 is 0 Å². The zero-order valence-electron chi connectivity index (χ0n) is 7.09. The van der Waals surface area contributed by atoms with Gasteiger partial charge in [0.1, 0.15) is 0 Å². The summed E-state index contributed by atoms with van der Waals surface area (Å²) in [4.78, 5) is 19.2. The van der Waals surface area contributed by atoms with E-state index in [-0.39, 0.29) is 11.8 Å². The van der Waals surface area contributed by atoms with Crippen molar-refractivity contribution in [3.05, 3.63) is 0 Å². The summed E-state index contributed by atoms with van der Waals surface area (Å²) in [6, 6.07) is 0. The molecule has 4 N–H and O–H groups in total. The van der Waals surface area contributed by atoms with Gasteiger partial charge < -0.3 is 11.5 Å². The van der Waals surface area contributed by atoms with E-state index >= 15 is 0 Å². The van der Waals surface area contributed by atoms with Crippen molar-refractivity contribution in [3.8, 4) is 0 Å². The van der Waals surface area contributed by atoms with Crippen molar-refractivity contribution in [2.45, 2.75) is 33.1 Å². The minimum Gasteiger partial charge on any atom is -0.370 e. The standard InChI is InChI=1S/C5H11NO.C2H5NO/c1-2-3-4-5(6)7;1-2(3)4/h2-4H2,1H3,(H2,6,7);1H3,(H2,3,4). The van der Waals surface area contributed by atoms with E-state index in [1.807, 2.05) is 6.92 Å². The first-order chi connectivity index (χ1) is 5.00. The number of amides is 2. The molecule has 0 aromatic rings. The van der Waals surface area contributed by atoms with Crippen molar-refractivity contribution in [1.29, 1.82) is 0 Å². The number of hydrogen-bond acceptors (Lipinski definition) is 2. The van der Waals surface area contributed by atoms with Crippen LogP contribution in [0.3, 0.4) is 0 Å².